The van der Waals surface area contributed by atoms with Crippen molar-refractivity contribution in [2.45, 2.75) is 51.5 Å². The summed E-state index contributed by atoms with van der Waals surface area (Å²) in [7, 11) is 0. The molecule has 2 aliphatic heterocycles. The first-order valence-corrected chi connectivity index (χ1v) is 7.82. The molecule has 0 saturated carbocycles. The van der Waals surface area contributed by atoms with Crippen molar-refractivity contribution in [1.82, 2.24) is 9.80 Å². The number of aliphatic carboxylic acids is 1. The third-order valence-electron chi connectivity index (χ3n) is 4.60. The second kappa shape index (κ2) is 7.07. The highest BCUT2D eigenvalue weighted by Gasteiger charge is 2.33. The second-order valence-corrected chi connectivity index (χ2v) is 6.21. The lowest BCUT2D eigenvalue weighted by molar-refractivity contribution is -0.148. The van der Waals surface area contributed by atoms with E-state index in [0.717, 1.165) is 38.4 Å². The molecule has 2 rings (SSSR count). The van der Waals surface area contributed by atoms with Crippen LogP contribution in [0, 0.1) is 5.92 Å². The molecule has 1 N–H and O–H groups in total. The lowest BCUT2D eigenvalue weighted by atomic mass is 9.99. The van der Waals surface area contributed by atoms with E-state index in [-0.39, 0.29) is 5.91 Å². The summed E-state index contributed by atoms with van der Waals surface area (Å²) in [5, 5.41) is 9.08. The summed E-state index contributed by atoms with van der Waals surface area (Å²) in [4.78, 5) is 27.1. The Balaban J connectivity index is 1.68. The fourth-order valence-corrected chi connectivity index (χ4v) is 3.21. The molecule has 0 aromatic carbocycles. The largest absolute Gasteiger partial charge is 0.480 e. The number of likely N-dealkylation sites (tertiary alicyclic amines) is 2. The fourth-order valence-electron chi connectivity index (χ4n) is 3.21. The third-order valence-corrected chi connectivity index (χ3v) is 4.60. The molecule has 20 heavy (non-hydrogen) atoms. The van der Waals surface area contributed by atoms with Crippen molar-refractivity contribution in [3.63, 3.8) is 0 Å². The zero-order valence-corrected chi connectivity index (χ0v) is 12.4. The number of nitrogens with zero attached hydrogens (tertiary/aromatic N) is 2. The highest BCUT2D eigenvalue weighted by molar-refractivity contribution is 5.84. The molecule has 2 aliphatic rings. The molecule has 1 atom stereocenters. The van der Waals surface area contributed by atoms with Crippen molar-refractivity contribution in [1.29, 1.82) is 0 Å². The quantitative estimate of drug-likeness (QED) is 0.831. The Morgan fingerprint density at radius 2 is 1.85 bits per heavy atom. The number of carbonyl (C=O) groups excluding carboxylic acids is 1. The van der Waals surface area contributed by atoms with Crippen molar-refractivity contribution >= 4 is 11.9 Å². The van der Waals surface area contributed by atoms with E-state index in [2.05, 4.69) is 11.8 Å². The number of carbonyl (C=O) groups is 2. The Bertz CT molecular complexity index is 351. The maximum Gasteiger partial charge on any atom is 0.326 e. The van der Waals surface area contributed by atoms with Crippen LogP contribution in [-0.4, -0.2) is 59.0 Å². The van der Waals surface area contributed by atoms with Crippen LogP contribution in [0.15, 0.2) is 0 Å². The highest BCUT2D eigenvalue weighted by atomic mass is 16.4. The molecule has 0 spiro atoms. The van der Waals surface area contributed by atoms with E-state index in [9.17, 15) is 9.59 Å². The lowest BCUT2D eigenvalue weighted by Gasteiger charge is -2.30. The molecule has 0 aromatic heterocycles. The van der Waals surface area contributed by atoms with E-state index < -0.39 is 12.0 Å². The van der Waals surface area contributed by atoms with Gasteiger partial charge in [0.15, 0.2) is 0 Å². The summed E-state index contributed by atoms with van der Waals surface area (Å²) in [5.74, 6) is -0.0186. The topological polar surface area (TPSA) is 60.9 Å². The zero-order chi connectivity index (χ0) is 14.5. The van der Waals surface area contributed by atoms with Gasteiger partial charge in [0.1, 0.15) is 6.04 Å². The summed E-state index contributed by atoms with van der Waals surface area (Å²) in [5.41, 5.74) is 0. The number of amides is 1. The Labute approximate surface area is 120 Å². The normalized spacial score (nSPS) is 25.1. The van der Waals surface area contributed by atoms with Crippen molar-refractivity contribution in [2.24, 2.45) is 5.92 Å². The first kappa shape index (κ1) is 15.3. The number of rotatable bonds is 5. The van der Waals surface area contributed by atoms with Crippen molar-refractivity contribution in [3.8, 4) is 0 Å². The van der Waals surface area contributed by atoms with Gasteiger partial charge in [0.05, 0.1) is 0 Å². The Kier molecular flexibility index (Phi) is 5.40. The Hall–Kier alpha value is -1.10. The molecule has 2 heterocycles. The molecule has 5 nitrogen and oxygen atoms in total. The van der Waals surface area contributed by atoms with Crippen LogP contribution in [0.25, 0.3) is 0 Å². The van der Waals surface area contributed by atoms with E-state index in [1.807, 2.05) is 0 Å². The number of carboxylic acids is 1. The summed E-state index contributed by atoms with van der Waals surface area (Å²) in [6.07, 6.45) is 5.24. The van der Waals surface area contributed by atoms with Crippen LogP contribution in [0.5, 0.6) is 0 Å². The van der Waals surface area contributed by atoms with Gasteiger partial charge in [-0.3, -0.25) is 4.79 Å². The number of hydrogen-bond donors (Lipinski definition) is 1. The summed E-state index contributed by atoms with van der Waals surface area (Å²) in [6, 6.07) is -0.585. The van der Waals surface area contributed by atoms with Gasteiger partial charge in [0, 0.05) is 13.0 Å². The predicted octanol–water partition coefficient (Wildman–Crippen LogP) is 1.57. The standard InChI is InChI=1S/C15H26N2O3/c1-12-6-10-16(11-7-12)8-3-5-14(18)17-9-2-4-13(17)15(19)20/h12-13H,2-11H2,1H3,(H,19,20). The maximum absolute atomic E-state index is 12.1. The first-order valence-electron chi connectivity index (χ1n) is 7.82. The number of carboxylic acid groups (broad SMARTS) is 1. The smallest absolute Gasteiger partial charge is 0.326 e. The minimum absolute atomic E-state index is 0.0141. The minimum atomic E-state index is -0.860. The van der Waals surface area contributed by atoms with Gasteiger partial charge in [-0.2, -0.15) is 0 Å². The lowest BCUT2D eigenvalue weighted by Crippen LogP contribution is -2.40. The van der Waals surface area contributed by atoms with Crippen molar-refractivity contribution in [2.75, 3.05) is 26.2 Å². The summed E-state index contributed by atoms with van der Waals surface area (Å²) >= 11 is 0. The molecule has 0 radical (unpaired) electrons. The van der Waals surface area contributed by atoms with Crippen LogP contribution in [0.3, 0.4) is 0 Å². The molecule has 0 aliphatic carbocycles. The second-order valence-electron chi connectivity index (χ2n) is 6.21. The van der Waals surface area contributed by atoms with E-state index >= 15 is 0 Å². The molecule has 2 saturated heterocycles. The molecule has 0 bridgehead atoms. The van der Waals surface area contributed by atoms with Crippen LogP contribution < -0.4 is 0 Å². The fraction of sp³-hybridized carbons (Fsp3) is 0.867. The van der Waals surface area contributed by atoms with Gasteiger partial charge in [-0.25, -0.2) is 4.79 Å². The van der Waals surface area contributed by atoms with Crippen molar-refractivity contribution in [3.05, 3.63) is 0 Å². The Morgan fingerprint density at radius 3 is 2.50 bits per heavy atom. The molecule has 1 amide bonds. The van der Waals surface area contributed by atoms with Gasteiger partial charge >= 0.3 is 5.97 Å². The SMILES string of the molecule is CC1CCN(CCCC(=O)N2CCCC2C(=O)O)CC1. The average Bonchev–Trinajstić information content (AvgIpc) is 2.90. The number of hydrogen-bond acceptors (Lipinski definition) is 3. The zero-order valence-electron chi connectivity index (χ0n) is 12.4. The van der Waals surface area contributed by atoms with E-state index in [1.165, 1.54) is 12.8 Å². The van der Waals surface area contributed by atoms with Crippen molar-refractivity contribution < 1.29 is 14.7 Å². The molecular weight excluding hydrogens is 256 g/mol. The van der Waals surface area contributed by atoms with Gasteiger partial charge in [0.25, 0.3) is 0 Å². The summed E-state index contributed by atoms with van der Waals surface area (Å²) < 4.78 is 0. The van der Waals surface area contributed by atoms with Gasteiger partial charge < -0.3 is 14.9 Å². The van der Waals surface area contributed by atoms with Crippen LogP contribution >= 0.6 is 0 Å². The monoisotopic (exact) mass is 282 g/mol. The van der Waals surface area contributed by atoms with Gasteiger partial charge in [-0.1, -0.05) is 6.92 Å². The first-order chi connectivity index (χ1) is 9.58. The van der Waals surface area contributed by atoms with Gasteiger partial charge in [0.2, 0.25) is 5.91 Å². The molecule has 5 heteroatoms. The third kappa shape index (κ3) is 3.95. The molecular formula is C15H26N2O3. The molecule has 114 valence electrons. The van der Waals surface area contributed by atoms with Gasteiger partial charge in [-0.15, -0.1) is 0 Å². The molecule has 1 unspecified atom stereocenters. The van der Waals surface area contributed by atoms with E-state index in [0.29, 0.717) is 19.4 Å². The maximum atomic E-state index is 12.1. The van der Waals surface area contributed by atoms with Crippen LogP contribution in [0.1, 0.15) is 45.4 Å². The average molecular weight is 282 g/mol. The van der Waals surface area contributed by atoms with Crippen LogP contribution in [0.2, 0.25) is 0 Å². The highest BCUT2D eigenvalue weighted by Crippen LogP contribution is 2.20. The summed E-state index contributed by atoms with van der Waals surface area (Å²) in [6.45, 7) is 6.13. The molecule has 2 fully saturated rings. The van der Waals surface area contributed by atoms with E-state index in [1.54, 1.807) is 4.90 Å². The molecule has 0 aromatic rings. The van der Waals surface area contributed by atoms with Crippen LogP contribution in [-0.2, 0) is 9.59 Å². The Morgan fingerprint density at radius 1 is 1.15 bits per heavy atom. The minimum Gasteiger partial charge on any atom is -0.480 e. The van der Waals surface area contributed by atoms with Gasteiger partial charge in [-0.05, 0) is 57.7 Å². The van der Waals surface area contributed by atoms with E-state index in [4.69, 9.17) is 5.11 Å². The predicted molar refractivity (Wildman–Crippen MR) is 76.4 cm³/mol. The number of piperidine rings is 1. The van der Waals surface area contributed by atoms with Crippen LogP contribution in [0.4, 0.5) is 0 Å².